The number of piperidine rings is 1. The van der Waals surface area contributed by atoms with Gasteiger partial charge in [-0.25, -0.2) is 4.98 Å². The van der Waals surface area contributed by atoms with Gasteiger partial charge in [-0.05, 0) is 30.3 Å². The zero-order valence-electron chi connectivity index (χ0n) is 16.4. The number of ether oxygens (including phenoxy) is 3. The number of hydrogen-bond acceptors (Lipinski definition) is 6. The molecule has 0 bridgehead atoms. The quantitative estimate of drug-likeness (QED) is 0.584. The highest BCUT2D eigenvalue weighted by molar-refractivity contribution is 7.20. The van der Waals surface area contributed by atoms with Crippen LogP contribution in [0.1, 0.15) is 19.3 Å². The Bertz CT molecular complexity index is 952. The fourth-order valence-corrected chi connectivity index (χ4v) is 4.27. The lowest BCUT2D eigenvalue weighted by atomic mass is 10.1. The van der Waals surface area contributed by atoms with Gasteiger partial charge in [0.1, 0.15) is 17.6 Å². The monoisotopic (exact) mass is 412 g/mol. The number of nitrogens with zero attached hydrogens (tertiary/aromatic N) is 2. The van der Waals surface area contributed by atoms with Crippen molar-refractivity contribution < 1.29 is 19.0 Å². The minimum atomic E-state index is 0.0853. The third-order valence-electron chi connectivity index (χ3n) is 4.97. The number of para-hydroxylation sites is 1. The molecule has 2 aromatic carbocycles. The number of benzene rings is 2. The number of likely N-dealkylation sites (tertiary alicyclic amines) is 1. The van der Waals surface area contributed by atoms with Crippen LogP contribution >= 0.6 is 11.3 Å². The Morgan fingerprint density at radius 1 is 1.14 bits per heavy atom. The first kappa shape index (κ1) is 19.5. The Morgan fingerprint density at radius 2 is 1.93 bits per heavy atom. The molecule has 3 aromatic rings. The number of rotatable bonds is 7. The van der Waals surface area contributed by atoms with E-state index in [1.54, 1.807) is 7.11 Å². The molecule has 0 spiro atoms. The van der Waals surface area contributed by atoms with E-state index in [4.69, 9.17) is 14.2 Å². The molecule has 0 unspecified atom stereocenters. The molecule has 7 heteroatoms. The molecule has 2 heterocycles. The fourth-order valence-electron chi connectivity index (χ4n) is 3.36. The van der Waals surface area contributed by atoms with Gasteiger partial charge in [-0.2, -0.15) is 0 Å². The van der Waals surface area contributed by atoms with E-state index >= 15 is 0 Å². The van der Waals surface area contributed by atoms with Gasteiger partial charge < -0.3 is 19.1 Å². The topological polar surface area (TPSA) is 60.9 Å². The predicted molar refractivity (Wildman–Crippen MR) is 113 cm³/mol. The minimum absolute atomic E-state index is 0.0853. The molecule has 0 radical (unpaired) electrons. The minimum Gasteiger partial charge on any atom is -0.497 e. The molecule has 29 heavy (non-hydrogen) atoms. The highest BCUT2D eigenvalue weighted by Gasteiger charge is 2.24. The van der Waals surface area contributed by atoms with Gasteiger partial charge in [-0.15, -0.1) is 0 Å². The molecule has 1 saturated heterocycles. The van der Waals surface area contributed by atoms with Gasteiger partial charge in [0.05, 0.1) is 30.4 Å². The van der Waals surface area contributed by atoms with E-state index in [0.29, 0.717) is 31.3 Å². The molecule has 0 aliphatic carbocycles. The van der Waals surface area contributed by atoms with Crippen molar-refractivity contribution in [1.29, 1.82) is 0 Å². The summed E-state index contributed by atoms with van der Waals surface area (Å²) in [5.41, 5.74) is 0.914. The Morgan fingerprint density at radius 3 is 2.69 bits per heavy atom. The number of methoxy groups -OCH3 is 1. The summed E-state index contributed by atoms with van der Waals surface area (Å²) in [5, 5.41) is 0.675. The van der Waals surface area contributed by atoms with Crippen LogP contribution in [0.4, 0.5) is 0 Å². The highest BCUT2D eigenvalue weighted by Crippen LogP contribution is 2.32. The fraction of sp³-hybridized carbons (Fsp3) is 0.364. The van der Waals surface area contributed by atoms with Gasteiger partial charge in [0.15, 0.2) is 0 Å². The van der Waals surface area contributed by atoms with Crippen LogP contribution in [0, 0.1) is 0 Å². The summed E-state index contributed by atoms with van der Waals surface area (Å²) in [7, 11) is 1.66. The maximum Gasteiger partial charge on any atom is 0.274 e. The number of thiazole rings is 1. The number of fused-ring (bicyclic) bond motifs is 1. The van der Waals surface area contributed by atoms with E-state index in [-0.39, 0.29) is 12.0 Å². The van der Waals surface area contributed by atoms with E-state index in [2.05, 4.69) is 4.98 Å². The van der Waals surface area contributed by atoms with Crippen LogP contribution in [0.25, 0.3) is 10.2 Å². The highest BCUT2D eigenvalue weighted by atomic mass is 32.1. The molecule has 1 aliphatic heterocycles. The third kappa shape index (κ3) is 4.98. The summed E-state index contributed by atoms with van der Waals surface area (Å²) < 4.78 is 18.0. The van der Waals surface area contributed by atoms with Crippen LogP contribution in [0.15, 0.2) is 48.5 Å². The van der Waals surface area contributed by atoms with E-state index in [1.165, 1.54) is 11.3 Å². The van der Waals surface area contributed by atoms with Gasteiger partial charge in [0.25, 0.3) is 5.19 Å². The molecule has 152 valence electrons. The molecule has 0 saturated carbocycles. The Kier molecular flexibility index (Phi) is 6.14. The third-order valence-corrected chi connectivity index (χ3v) is 5.88. The van der Waals surface area contributed by atoms with Crippen molar-refractivity contribution in [2.45, 2.75) is 25.4 Å². The number of carbonyl (C=O) groups excluding carboxylic acids is 1. The molecule has 0 N–H and O–H groups in total. The van der Waals surface area contributed by atoms with Crippen LogP contribution in [0.5, 0.6) is 16.7 Å². The lowest BCUT2D eigenvalue weighted by molar-refractivity contribution is -0.133. The average molecular weight is 413 g/mol. The van der Waals surface area contributed by atoms with Gasteiger partial charge in [-0.3, -0.25) is 4.79 Å². The van der Waals surface area contributed by atoms with Crippen molar-refractivity contribution in [3.63, 3.8) is 0 Å². The molecule has 4 rings (SSSR count). The van der Waals surface area contributed by atoms with Crippen molar-refractivity contribution in [3.8, 4) is 16.7 Å². The van der Waals surface area contributed by atoms with E-state index < -0.39 is 0 Å². The lowest BCUT2D eigenvalue weighted by Gasteiger charge is -2.31. The average Bonchev–Trinajstić information content (AvgIpc) is 3.16. The molecule has 1 fully saturated rings. The second-order valence-electron chi connectivity index (χ2n) is 6.92. The predicted octanol–water partition coefficient (Wildman–Crippen LogP) is 4.14. The molecule has 0 atom stereocenters. The summed E-state index contributed by atoms with van der Waals surface area (Å²) in [6.07, 6.45) is 2.09. The zero-order valence-corrected chi connectivity index (χ0v) is 17.2. The van der Waals surface area contributed by atoms with Crippen molar-refractivity contribution >= 4 is 27.5 Å². The first-order valence-corrected chi connectivity index (χ1v) is 10.6. The Hall–Kier alpha value is -2.80. The van der Waals surface area contributed by atoms with Gasteiger partial charge in [0, 0.05) is 25.9 Å². The molecular weight excluding hydrogens is 388 g/mol. The van der Waals surface area contributed by atoms with Crippen molar-refractivity contribution in [3.05, 3.63) is 48.5 Å². The number of aromatic nitrogens is 1. The molecule has 6 nitrogen and oxygen atoms in total. The summed E-state index contributed by atoms with van der Waals surface area (Å²) in [6, 6.07) is 15.4. The van der Waals surface area contributed by atoms with Crippen molar-refractivity contribution in [2.24, 2.45) is 0 Å². The van der Waals surface area contributed by atoms with Crippen LogP contribution < -0.4 is 14.2 Å². The first-order valence-electron chi connectivity index (χ1n) is 9.78. The van der Waals surface area contributed by atoms with Gasteiger partial charge in [0.2, 0.25) is 5.91 Å². The van der Waals surface area contributed by atoms with E-state index in [9.17, 15) is 4.79 Å². The number of carbonyl (C=O) groups is 1. The second-order valence-corrected chi connectivity index (χ2v) is 7.92. The summed E-state index contributed by atoms with van der Waals surface area (Å²) in [6.45, 7) is 1.80. The number of hydrogen-bond donors (Lipinski definition) is 0. The van der Waals surface area contributed by atoms with Crippen LogP contribution in [-0.4, -0.2) is 48.7 Å². The SMILES string of the molecule is COc1ccc2nc(OC3CCN(C(=O)CCOc4ccccc4)CC3)sc2c1. The maximum atomic E-state index is 12.4. The Balaban J connectivity index is 1.23. The molecule has 1 amide bonds. The van der Waals surface area contributed by atoms with Crippen molar-refractivity contribution in [2.75, 3.05) is 26.8 Å². The zero-order chi connectivity index (χ0) is 20.1. The second kappa shape index (κ2) is 9.13. The Labute approximate surface area is 174 Å². The molecule has 1 aliphatic rings. The number of amides is 1. The molecule has 1 aromatic heterocycles. The van der Waals surface area contributed by atoms with Crippen LogP contribution in [0.2, 0.25) is 0 Å². The molecular formula is C22H24N2O4S. The van der Waals surface area contributed by atoms with Crippen LogP contribution in [-0.2, 0) is 4.79 Å². The van der Waals surface area contributed by atoms with Gasteiger partial charge >= 0.3 is 0 Å². The standard InChI is InChI=1S/C22H24N2O4S/c1-26-18-7-8-19-20(15-18)29-22(23-19)28-17-9-12-24(13-10-17)21(25)11-14-27-16-5-3-2-4-6-16/h2-8,15,17H,9-14H2,1H3. The smallest absolute Gasteiger partial charge is 0.274 e. The largest absolute Gasteiger partial charge is 0.497 e. The normalized spacial score (nSPS) is 14.7. The summed E-state index contributed by atoms with van der Waals surface area (Å²) in [4.78, 5) is 18.9. The lowest BCUT2D eigenvalue weighted by Crippen LogP contribution is -2.42. The van der Waals surface area contributed by atoms with Crippen LogP contribution in [0.3, 0.4) is 0 Å². The van der Waals surface area contributed by atoms with Gasteiger partial charge in [-0.1, -0.05) is 29.5 Å². The van der Waals surface area contributed by atoms with Crippen molar-refractivity contribution in [1.82, 2.24) is 9.88 Å². The summed E-state index contributed by atoms with van der Waals surface area (Å²) >= 11 is 1.53. The van der Waals surface area contributed by atoms with E-state index in [1.807, 2.05) is 53.4 Å². The summed E-state index contributed by atoms with van der Waals surface area (Å²) in [5.74, 6) is 1.74. The maximum absolute atomic E-state index is 12.4. The first-order chi connectivity index (χ1) is 14.2. The van der Waals surface area contributed by atoms with E-state index in [0.717, 1.165) is 34.6 Å².